The van der Waals surface area contributed by atoms with E-state index >= 15 is 0 Å². The number of pyridine rings is 1. The largest absolute Gasteiger partial charge is 0.378 e. The molecule has 0 aromatic carbocycles. The zero-order chi connectivity index (χ0) is 18.8. The third-order valence-electron chi connectivity index (χ3n) is 5.05. The number of fused-ring (bicyclic) bond motifs is 1. The molecule has 0 spiro atoms. The smallest absolute Gasteiger partial charge is 0.372 e. The Morgan fingerprint density at radius 2 is 1.89 bits per heavy atom. The van der Waals surface area contributed by atoms with Gasteiger partial charge in [0.25, 0.3) is 0 Å². The number of ether oxygens (including phenoxy) is 1. The van der Waals surface area contributed by atoms with Crippen molar-refractivity contribution in [3.8, 4) is 0 Å². The first-order valence-corrected chi connectivity index (χ1v) is 9.08. The molecule has 0 saturated carbocycles. The van der Waals surface area contributed by atoms with Crippen molar-refractivity contribution in [2.75, 3.05) is 63.9 Å². The van der Waals surface area contributed by atoms with Crippen molar-refractivity contribution in [2.45, 2.75) is 0 Å². The van der Waals surface area contributed by atoms with Crippen LogP contribution < -0.4 is 4.90 Å². The average Bonchev–Trinajstić information content (AvgIpc) is 3.09. The van der Waals surface area contributed by atoms with Crippen molar-refractivity contribution in [1.82, 2.24) is 19.2 Å². The summed E-state index contributed by atoms with van der Waals surface area (Å²) in [6.45, 7) is 5.39. The van der Waals surface area contributed by atoms with Crippen LogP contribution in [0.4, 0.5) is 11.6 Å². The van der Waals surface area contributed by atoms with Crippen LogP contribution in [0.2, 0.25) is 0 Å². The van der Waals surface area contributed by atoms with Crippen LogP contribution in [0.25, 0.3) is 5.65 Å². The molecule has 0 N–H and O–H groups in total. The summed E-state index contributed by atoms with van der Waals surface area (Å²) in [4.78, 5) is 33.9. The van der Waals surface area contributed by atoms with Crippen LogP contribution in [0.3, 0.4) is 0 Å². The Kier molecular flexibility index (Phi) is 4.90. The normalized spacial score (nSPS) is 18.8. The number of piperazine rings is 1. The highest BCUT2D eigenvalue weighted by Gasteiger charge is 2.30. The molecule has 4 rings (SSSR count). The Balaban J connectivity index is 1.42. The fourth-order valence-corrected chi connectivity index (χ4v) is 3.57. The van der Waals surface area contributed by atoms with Gasteiger partial charge in [-0.1, -0.05) is 6.07 Å². The summed E-state index contributed by atoms with van der Waals surface area (Å²) in [6.07, 6.45) is 1.65. The van der Waals surface area contributed by atoms with E-state index in [0.717, 1.165) is 0 Å². The topological polar surface area (TPSA) is 96.5 Å². The van der Waals surface area contributed by atoms with Crippen LogP contribution in [0.15, 0.2) is 24.4 Å². The standard InChI is InChI=1S/C17H22N6O4/c24-15(20-9-11-27-12-10-20)13-19-5-7-21(8-6-19)16-17(23(25)26)22-4-2-1-3-14(22)18-16/h1-4H,5-13H2. The third-order valence-corrected chi connectivity index (χ3v) is 5.05. The molecule has 144 valence electrons. The first-order chi connectivity index (χ1) is 13.1. The third kappa shape index (κ3) is 3.58. The van der Waals surface area contributed by atoms with Gasteiger partial charge in [0, 0.05) is 45.3 Å². The summed E-state index contributed by atoms with van der Waals surface area (Å²) in [5.74, 6) is 0.499. The predicted octanol–water partition coefficient (Wildman–Crippen LogP) is 0.223. The first-order valence-electron chi connectivity index (χ1n) is 9.08. The van der Waals surface area contributed by atoms with Crippen LogP contribution in [0.1, 0.15) is 0 Å². The molecule has 2 aliphatic heterocycles. The molecule has 27 heavy (non-hydrogen) atoms. The van der Waals surface area contributed by atoms with Gasteiger partial charge >= 0.3 is 5.82 Å². The second-order valence-electron chi connectivity index (χ2n) is 6.70. The predicted molar refractivity (Wildman–Crippen MR) is 97.9 cm³/mol. The van der Waals surface area contributed by atoms with Gasteiger partial charge in [-0.15, -0.1) is 0 Å². The zero-order valence-electron chi connectivity index (χ0n) is 15.0. The molecule has 0 aliphatic carbocycles. The van der Waals surface area contributed by atoms with Gasteiger partial charge in [0.1, 0.15) is 0 Å². The fraction of sp³-hybridized carbons (Fsp3) is 0.529. The van der Waals surface area contributed by atoms with E-state index in [-0.39, 0.29) is 16.6 Å². The minimum absolute atomic E-state index is 0.0107. The van der Waals surface area contributed by atoms with Crippen LogP contribution in [-0.4, -0.2) is 89.0 Å². The second kappa shape index (κ2) is 7.49. The van der Waals surface area contributed by atoms with Crippen molar-refractivity contribution in [3.05, 3.63) is 34.5 Å². The van der Waals surface area contributed by atoms with Crippen molar-refractivity contribution in [1.29, 1.82) is 0 Å². The molecule has 0 bridgehead atoms. The van der Waals surface area contributed by atoms with Crippen LogP contribution in [0.5, 0.6) is 0 Å². The monoisotopic (exact) mass is 374 g/mol. The van der Waals surface area contributed by atoms with Crippen LogP contribution >= 0.6 is 0 Å². The van der Waals surface area contributed by atoms with E-state index in [9.17, 15) is 14.9 Å². The number of rotatable bonds is 4. The molecule has 4 heterocycles. The second-order valence-corrected chi connectivity index (χ2v) is 6.70. The van der Waals surface area contributed by atoms with E-state index in [1.165, 1.54) is 4.40 Å². The molecular formula is C17H22N6O4. The quantitative estimate of drug-likeness (QED) is 0.558. The van der Waals surface area contributed by atoms with Crippen LogP contribution in [0, 0.1) is 10.1 Å². The number of morpholine rings is 1. The maximum absolute atomic E-state index is 12.4. The lowest BCUT2D eigenvalue weighted by atomic mass is 10.3. The Morgan fingerprint density at radius 1 is 1.15 bits per heavy atom. The number of hydrogen-bond donors (Lipinski definition) is 0. The molecule has 10 heteroatoms. The maximum Gasteiger partial charge on any atom is 0.372 e. The molecule has 10 nitrogen and oxygen atoms in total. The molecule has 0 unspecified atom stereocenters. The van der Waals surface area contributed by atoms with Gasteiger partial charge < -0.3 is 24.7 Å². The molecule has 0 radical (unpaired) electrons. The van der Waals surface area contributed by atoms with E-state index in [1.54, 1.807) is 18.3 Å². The van der Waals surface area contributed by atoms with Gasteiger partial charge in [-0.25, -0.2) is 0 Å². The van der Waals surface area contributed by atoms with Crippen molar-refractivity contribution >= 4 is 23.2 Å². The summed E-state index contributed by atoms with van der Waals surface area (Å²) in [6, 6.07) is 5.32. The Bertz CT molecular complexity index is 839. The van der Waals surface area contributed by atoms with Gasteiger partial charge in [-0.2, -0.15) is 9.38 Å². The number of nitrogens with zero attached hydrogens (tertiary/aromatic N) is 6. The highest BCUT2D eigenvalue weighted by molar-refractivity contribution is 5.78. The van der Waals surface area contributed by atoms with E-state index in [0.29, 0.717) is 70.5 Å². The van der Waals surface area contributed by atoms with Gasteiger partial charge in [0.15, 0.2) is 0 Å². The summed E-state index contributed by atoms with van der Waals surface area (Å²) < 4.78 is 6.78. The van der Waals surface area contributed by atoms with Crippen molar-refractivity contribution in [2.24, 2.45) is 0 Å². The minimum Gasteiger partial charge on any atom is -0.378 e. The molecular weight excluding hydrogens is 352 g/mol. The van der Waals surface area contributed by atoms with Gasteiger partial charge in [-0.3, -0.25) is 9.69 Å². The number of nitro groups is 1. The summed E-state index contributed by atoms with van der Waals surface area (Å²) in [5, 5.41) is 11.6. The first kappa shape index (κ1) is 17.7. The number of amides is 1. The minimum atomic E-state index is -0.385. The summed E-state index contributed by atoms with van der Waals surface area (Å²) in [7, 11) is 0. The van der Waals surface area contributed by atoms with Gasteiger partial charge in [0.2, 0.25) is 17.4 Å². The van der Waals surface area contributed by atoms with E-state index in [4.69, 9.17) is 4.74 Å². The van der Waals surface area contributed by atoms with Crippen molar-refractivity contribution < 1.29 is 14.5 Å². The Morgan fingerprint density at radius 3 is 2.59 bits per heavy atom. The van der Waals surface area contributed by atoms with E-state index in [2.05, 4.69) is 9.88 Å². The number of carbonyl (C=O) groups excluding carboxylic acids is 1. The Labute approximate surface area is 156 Å². The van der Waals surface area contributed by atoms with E-state index < -0.39 is 0 Å². The highest BCUT2D eigenvalue weighted by Crippen LogP contribution is 2.29. The number of aromatic nitrogens is 2. The molecule has 2 aromatic rings. The lowest BCUT2D eigenvalue weighted by Gasteiger charge is -2.35. The maximum atomic E-state index is 12.4. The molecule has 1 amide bonds. The lowest BCUT2D eigenvalue weighted by Crippen LogP contribution is -2.51. The number of anilines is 1. The molecule has 2 fully saturated rings. The fourth-order valence-electron chi connectivity index (χ4n) is 3.57. The van der Waals surface area contributed by atoms with Crippen LogP contribution in [-0.2, 0) is 9.53 Å². The van der Waals surface area contributed by atoms with Crippen molar-refractivity contribution in [3.63, 3.8) is 0 Å². The molecule has 2 aliphatic rings. The zero-order valence-corrected chi connectivity index (χ0v) is 15.0. The summed E-state index contributed by atoms with van der Waals surface area (Å²) >= 11 is 0. The van der Waals surface area contributed by atoms with E-state index in [1.807, 2.05) is 15.9 Å². The average molecular weight is 374 g/mol. The Hall–Kier alpha value is -2.72. The lowest BCUT2D eigenvalue weighted by molar-refractivity contribution is -0.389. The molecule has 2 aromatic heterocycles. The molecule has 0 atom stereocenters. The molecule has 2 saturated heterocycles. The highest BCUT2D eigenvalue weighted by atomic mass is 16.6. The number of carbonyl (C=O) groups is 1. The summed E-state index contributed by atoms with van der Waals surface area (Å²) in [5.41, 5.74) is 0.559. The van der Waals surface area contributed by atoms with Gasteiger partial charge in [-0.05, 0) is 11.0 Å². The SMILES string of the molecule is O=C(CN1CCN(c2nc3ccccn3c2[N+](=O)[O-])CC1)N1CCOCC1. The number of imidazole rings is 1. The van der Waals surface area contributed by atoms with Gasteiger partial charge in [0.05, 0.1) is 26.0 Å². The number of hydrogen-bond acceptors (Lipinski definition) is 7.